The van der Waals surface area contributed by atoms with Gasteiger partial charge in [0.1, 0.15) is 11.3 Å². The summed E-state index contributed by atoms with van der Waals surface area (Å²) >= 11 is 0. The van der Waals surface area contributed by atoms with Crippen LogP contribution in [0, 0.1) is 10.1 Å². The zero-order valence-corrected chi connectivity index (χ0v) is 9.40. The standard InChI is InChI=1S/C11H9N3O4/c1-13-6-8(11(15)16)10(12-13)7-4-2-3-5-9(7)14(17)18/h2-6H,1H3,(H,15,16). The van der Waals surface area contributed by atoms with Crippen LogP contribution in [0.2, 0.25) is 0 Å². The first-order chi connectivity index (χ1) is 8.50. The van der Waals surface area contributed by atoms with Gasteiger partial charge in [-0.15, -0.1) is 0 Å². The summed E-state index contributed by atoms with van der Waals surface area (Å²) in [5, 5.41) is 23.9. The number of rotatable bonds is 3. The largest absolute Gasteiger partial charge is 0.478 e. The van der Waals surface area contributed by atoms with Crippen molar-refractivity contribution >= 4 is 11.7 Å². The number of benzene rings is 1. The van der Waals surface area contributed by atoms with Crippen molar-refractivity contribution in [2.24, 2.45) is 7.05 Å². The molecule has 1 aromatic carbocycles. The lowest BCUT2D eigenvalue weighted by atomic mass is 10.1. The van der Waals surface area contributed by atoms with Crippen molar-refractivity contribution in [3.05, 3.63) is 46.1 Å². The molecule has 7 heteroatoms. The summed E-state index contributed by atoms with van der Waals surface area (Å²) in [6.45, 7) is 0. The minimum atomic E-state index is -1.17. The van der Waals surface area contributed by atoms with Crippen LogP contribution in [-0.4, -0.2) is 25.8 Å². The van der Waals surface area contributed by atoms with Gasteiger partial charge in [-0.05, 0) is 6.07 Å². The van der Waals surface area contributed by atoms with E-state index in [0.29, 0.717) is 0 Å². The molecule has 92 valence electrons. The predicted molar refractivity (Wildman–Crippen MR) is 62.3 cm³/mol. The SMILES string of the molecule is Cn1cc(C(=O)O)c(-c2ccccc2[N+](=O)[O-])n1. The summed E-state index contributed by atoms with van der Waals surface area (Å²) in [6, 6.07) is 5.91. The zero-order valence-electron chi connectivity index (χ0n) is 9.40. The van der Waals surface area contributed by atoms with Crippen molar-refractivity contribution in [2.75, 3.05) is 0 Å². The van der Waals surface area contributed by atoms with Gasteiger partial charge in [-0.2, -0.15) is 5.10 Å². The van der Waals surface area contributed by atoms with E-state index in [1.165, 1.54) is 29.1 Å². The van der Waals surface area contributed by atoms with Crippen LogP contribution in [0.15, 0.2) is 30.5 Å². The summed E-state index contributed by atoms with van der Waals surface area (Å²) in [5.41, 5.74) is 0.0586. The number of para-hydroxylation sites is 1. The van der Waals surface area contributed by atoms with Crippen LogP contribution in [0.25, 0.3) is 11.3 Å². The third kappa shape index (κ3) is 1.93. The van der Waals surface area contributed by atoms with E-state index in [2.05, 4.69) is 5.10 Å². The van der Waals surface area contributed by atoms with Crippen LogP contribution in [0.4, 0.5) is 5.69 Å². The Bertz CT molecular complexity index is 633. The fourth-order valence-electron chi connectivity index (χ4n) is 1.68. The number of aryl methyl sites for hydroxylation is 1. The highest BCUT2D eigenvalue weighted by atomic mass is 16.6. The number of nitrogens with zero attached hydrogens (tertiary/aromatic N) is 3. The van der Waals surface area contributed by atoms with Gasteiger partial charge in [-0.1, -0.05) is 12.1 Å². The fraction of sp³-hybridized carbons (Fsp3) is 0.0909. The molecule has 1 heterocycles. The van der Waals surface area contributed by atoms with Crippen molar-refractivity contribution in [3.63, 3.8) is 0 Å². The van der Waals surface area contributed by atoms with Crippen LogP contribution in [0.3, 0.4) is 0 Å². The second-order valence-electron chi connectivity index (χ2n) is 3.64. The molecule has 2 rings (SSSR count). The third-order valence-electron chi connectivity index (χ3n) is 2.42. The molecule has 0 amide bonds. The molecule has 0 fully saturated rings. The lowest BCUT2D eigenvalue weighted by Crippen LogP contribution is -1.99. The Labute approximate surface area is 101 Å². The number of hydrogen-bond donors (Lipinski definition) is 1. The maximum atomic E-state index is 11.1. The van der Waals surface area contributed by atoms with Crippen LogP contribution < -0.4 is 0 Å². The maximum Gasteiger partial charge on any atom is 0.339 e. The van der Waals surface area contributed by atoms with Gasteiger partial charge in [0.2, 0.25) is 0 Å². The van der Waals surface area contributed by atoms with E-state index in [1.807, 2.05) is 0 Å². The Kier molecular flexibility index (Phi) is 2.80. The minimum Gasteiger partial charge on any atom is -0.478 e. The second kappa shape index (κ2) is 4.28. The molecule has 0 unspecified atom stereocenters. The Morgan fingerprint density at radius 1 is 1.44 bits per heavy atom. The van der Waals surface area contributed by atoms with E-state index in [1.54, 1.807) is 13.1 Å². The van der Waals surface area contributed by atoms with Crippen molar-refractivity contribution < 1.29 is 14.8 Å². The molecule has 0 radical (unpaired) electrons. The van der Waals surface area contributed by atoms with Crippen LogP contribution >= 0.6 is 0 Å². The lowest BCUT2D eigenvalue weighted by Gasteiger charge is -2.00. The predicted octanol–water partition coefficient (Wildman–Crippen LogP) is 1.69. The first-order valence-electron chi connectivity index (χ1n) is 5.01. The number of nitro groups is 1. The number of aromatic carboxylic acids is 1. The van der Waals surface area contributed by atoms with Gasteiger partial charge >= 0.3 is 5.97 Å². The summed E-state index contributed by atoms with van der Waals surface area (Å²) in [7, 11) is 1.56. The van der Waals surface area contributed by atoms with Crippen LogP contribution in [0.1, 0.15) is 10.4 Å². The van der Waals surface area contributed by atoms with Gasteiger partial charge in [0.05, 0.1) is 10.5 Å². The Morgan fingerprint density at radius 3 is 2.72 bits per heavy atom. The topological polar surface area (TPSA) is 98.3 Å². The van der Waals surface area contributed by atoms with E-state index >= 15 is 0 Å². The van der Waals surface area contributed by atoms with E-state index in [4.69, 9.17) is 5.11 Å². The molecule has 0 spiro atoms. The first-order valence-corrected chi connectivity index (χ1v) is 5.01. The number of carbonyl (C=O) groups is 1. The van der Waals surface area contributed by atoms with Crippen molar-refractivity contribution in [3.8, 4) is 11.3 Å². The van der Waals surface area contributed by atoms with E-state index < -0.39 is 10.9 Å². The summed E-state index contributed by atoms with van der Waals surface area (Å²) in [5.74, 6) is -1.17. The molecule has 1 N–H and O–H groups in total. The second-order valence-corrected chi connectivity index (χ2v) is 3.64. The zero-order chi connectivity index (χ0) is 13.3. The monoisotopic (exact) mass is 247 g/mol. The van der Waals surface area contributed by atoms with Crippen molar-refractivity contribution in [2.45, 2.75) is 0 Å². The number of aromatic nitrogens is 2. The molecular weight excluding hydrogens is 238 g/mol. The number of hydrogen-bond acceptors (Lipinski definition) is 4. The summed E-state index contributed by atoms with van der Waals surface area (Å²) in [6.07, 6.45) is 1.31. The summed E-state index contributed by atoms with van der Waals surface area (Å²) in [4.78, 5) is 21.4. The molecule has 18 heavy (non-hydrogen) atoms. The van der Waals surface area contributed by atoms with Crippen LogP contribution in [0.5, 0.6) is 0 Å². The van der Waals surface area contributed by atoms with Crippen LogP contribution in [-0.2, 0) is 7.05 Å². The molecule has 0 saturated carbocycles. The Morgan fingerprint density at radius 2 is 2.11 bits per heavy atom. The van der Waals surface area contributed by atoms with Gasteiger partial charge < -0.3 is 5.11 Å². The molecule has 2 aromatic rings. The average molecular weight is 247 g/mol. The molecule has 0 saturated heterocycles. The molecule has 0 aliphatic carbocycles. The Balaban J connectivity index is 2.69. The molecule has 0 aliphatic rings. The first kappa shape index (κ1) is 11.8. The smallest absolute Gasteiger partial charge is 0.339 e. The summed E-state index contributed by atoms with van der Waals surface area (Å²) < 4.78 is 1.31. The quantitative estimate of drug-likeness (QED) is 0.657. The molecule has 0 atom stereocenters. The average Bonchev–Trinajstić information content (AvgIpc) is 2.71. The number of nitro benzene ring substituents is 1. The lowest BCUT2D eigenvalue weighted by molar-refractivity contribution is -0.384. The van der Waals surface area contributed by atoms with E-state index in [0.717, 1.165) is 0 Å². The van der Waals surface area contributed by atoms with Gasteiger partial charge in [0, 0.05) is 19.3 Å². The number of carboxylic acid groups (broad SMARTS) is 1. The molecule has 1 aromatic heterocycles. The van der Waals surface area contributed by atoms with Crippen molar-refractivity contribution in [1.29, 1.82) is 0 Å². The normalized spacial score (nSPS) is 10.3. The molecular formula is C11H9N3O4. The van der Waals surface area contributed by atoms with Gasteiger partial charge in [-0.25, -0.2) is 4.79 Å². The number of carboxylic acids is 1. The van der Waals surface area contributed by atoms with Crippen molar-refractivity contribution in [1.82, 2.24) is 9.78 Å². The molecule has 0 aliphatic heterocycles. The minimum absolute atomic E-state index is 0.0631. The van der Waals surface area contributed by atoms with Gasteiger partial charge in [0.25, 0.3) is 5.69 Å². The van der Waals surface area contributed by atoms with E-state index in [9.17, 15) is 14.9 Å². The third-order valence-corrected chi connectivity index (χ3v) is 2.42. The van der Waals surface area contributed by atoms with E-state index in [-0.39, 0.29) is 22.5 Å². The maximum absolute atomic E-state index is 11.1. The molecule has 0 bridgehead atoms. The van der Waals surface area contributed by atoms with Gasteiger partial charge in [0.15, 0.2) is 0 Å². The fourth-order valence-corrected chi connectivity index (χ4v) is 1.68. The van der Waals surface area contributed by atoms with Gasteiger partial charge in [-0.3, -0.25) is 14.8 Å². The highest BCUT2D eigenvalue weighted by Gasteiger charge is 2.22. The highest BCUT2D eigenvalue weighted by molar-refractivity contribution is 5.95. The highest BCUT2D eigenvalue weighted by Crippen LogP contribution is 2.30. The Hall–Kier alpha value is -2.70. The molecule has 7 nitrogen and oxygen atoms in total.